The first-order valence-electron chi connectivity index (χ1n) is 7.05. The Labute approximate surface area is 138 Å². The van der Waals surface area contributed by atoms with Crippen molar-refractivity contribution < 1.29 is 9.18 Å². The molecule has 0 aromatic heterocycles. The number of rotatable bonds is 4. The molecular formula is C17H15ClFNOS. The van der Waals surface area contributed by atoms with Gasteiger partial charge >= 0.3 is 0 Å². The van der Waals surface area contributed by atoms with Crippen LogP contribution in [0.3, 0.4) is 0 Å². The predicted octanol–water partition coefficient (Wildman–Crippen LogP) is 4.30. The second kappa shape index (κ2) is 6.71. The van der Waals surface area contributed by atoms with Crippen molar-refractivity contribution in [3.05, 3.63) is 64.4 Å². The summed E-state index contributed by atoms with van der Waals surface area (Å²) >= 11 is 7.49. The minimum absolute atomic E-state index is 0.105. The van der Waals surface area contributed by atoms with E-state index >= 15 is 0 Å². The van der Waals surface area contributed by atoms with E-state index in [-0.39, 0.29) is 11.7 Å². The molecule has 114 valence electrons. The maximum atomic E-state index is 13.0. The lowest BCUT2D eigenvalue weighted by molar-refractivity contribution is -0.116. The van der Waals surface area contributed by atoms with Crippen molar-refractivity contribution in [1.82, 2.24) is 0 Å². The standard InChI is InChI=1S/C17H15ClFNOS/c18-15-9-14(19)6-5-13(15)10-22-11-17(21)20-8-7-12-3-1-2-4-16(12)20/h1-6,9H,7-8,10-11H2. The lowest BCUT2D eigenvalue weighted by Crippen LogP contribution is -2.30. The highest BCUT2D eigenvalue weighted by atomic mass is 35.5. The van der Waals surface area contributed by atoms with Crippen LogP contribution in [0.4, 0.5) is 10.1 Å². The Bertz CT molecular complexity index is 707. The van der Waals surface area contributed by atoms with E-state index in [9.17, 15) is 9.18 Å². The molecule has 0 saturated heterocycles. The van der Waals surface area contributed by atoms with E-state index in [1.54, 1.807) is 6.07 Å². The summed E-state index contributed by atoms with van der Waals surface area (Å²) in [6.45, 7) is 0.746. The fourth-order valence-electron chi connectivity index (χ4n) is 2.56. The lowest BCUT2D eigenvalue weighted by Gasteiger charge is -2.17. The molecule has 2 aromatic rings. The van der Waals surface area contributed by atoms with Crippen LogP contribution in [0, 0.1) is 5.82 Å². The van der Waals surface area contributed by atoms with Crippen molar-refractivity contribution in [3.63, 3.8) is 0 Å². The van der Waals surface area contributed by atoms with E-state index in [1.165, 1.54) is 29.5 Å². The van der Waals surface area contributed by atoms with Crippen molar-refractivity contribution in [2.24, 2.45) is 0 Å². The average Bonchev–Trinajstić information content (AvgIpc) is 2.93. The van der Waals surface area contributed by atoms with Crippen LogP contribution in [0.2, 0.25) is 5.02 Å². The predicted molar refractivity (Wildman–Crippen MR) is 90.1 cm³/mol. The van der Waals surface area contributed by atoms with Gasteiger partial charge in [-0.2, -0.15) is 0 Å². The SMILES string of the molecule is O=C(CSCc1ccc(F)cc1Cl)N1CCc2ccccc21. The van der Waals surface area contributed by atoms with Crippen LogP contribution in [-0.4, -0.2) is 18.2 Å². The van der Waals surface area contributed by atoms with Crippen LogP contribution in [0.1, 0.15) is 11.1 Å². The summed E-state index contributed by atoms with van der Waals surface area (Å²) in [5.41, 5.74) is 3.10. The van der Waals surface area contributed by atoms with Crippen molar-refractivity contribution in [2.45, 2.75) is 12.2 Å². The molecule has 0 unspecified atom stereocenters. The fraction of sp³-hybridized carbons (Fsp3) is 0.235. The average molecular weight is 336 g/mol. The molecular weight excluding hydrogens is 321 g/mol. The van der Waals surface area contributed by atoms with Crippen LogP contribution >= 0.6 is 23.4 Å². The van der Waals surface area contributed by atoms with Gasteiger partial charge in [0.2, 0.25) is 5.91 Å². The number of fused-ring (bicyclic) bond motifs is 1. The Morgan fingerprint density at radius 3 is 2.91 bits per heavy atom. The largest absolute Gasteiger partial charge is 0.311 e. The molecule has 0 N–H and O–H groups in total. The highest BCUT2D eigenvalue weighted by Crippen LogP contribution is 2.28. The number of para-hydroxylation sites is 1. The molecule has 1 aliphatic rings. The summed E-state index contributed by atoms with van der Waals surface area (Å²) in [5, 5.41) is 0.409. The molecule has 0 atom stereocenters. The smallest absolute Gasteiger partial charge is 0.237 e. The highest BCUT2D eigenvalue weighted by molar-refractivity contribution is 7.99. The van der Waals surface area contributed by atoms with Gasteiger partial charge in [0.1, 0.15) is 5.82 Å². The van der Waals surface area contributed by atoms with Crippen LogP contribution < -0.4 is 4.90 Å². The Morgan fingerprint density at radius 1 is 1.27 bits per heavy atom. The van der Waals surface area contributed by atoms with Gasteiger partial charge in [-0.25, -0.2) is 4.39 Å². The Balaban J connectivity index is 1.57. The fourth-order valence-corrected chi connectivity index (χ4v) is 3.78. The van der Waals surface area contributed by atoms with Gasteiger partial charge in [0.15, 0.2) is 0 Å². The molecule has 3 rings (SSSR count). The molecule has 0 saturated carbocycles. The summed E-state index contributed by atoms with van der Waals surface area (Å²) in [6.07, 6.45) is 0.913. The Morgan fingerprint density at radius 2 is 2.09 bits per heavy atom. The molecule has 0 spiro atoms. The second-order valence-electron chi connectivity index (χ2n) is 5.15. The van der Waals surface area contributed by atoms with Crippen LogP contribution in [0.5, 0.6) is 0 Å². The zero-order chi connectivity index (χ0) is 15.5. The number of benzene rings is 2. The van der Waals surface area contributed by atoms with Gasteiger partial charge in [-0.05, 0) is 35.7 Å². The molecule has 22 heavy (non-hydrogen) atoms. The quantitative estimate of drug-likeness (QED) is 0.830. The van der Waals surface area contributed by atoms with Crippen LogP contribution in [0.15, 0.2) is 42.5 Å². The highest BCUT2D eigenvalue weighted by Gasteiger charge is 2.23. The third kappa shape index (κ3) is 3.28. The first-order valence-corrected chi connectivity index (χ1v) is 8.58. The number of anilines is 1. The van der Waals surface area contributed by atoms with E-state index in [0.717, 1.165) is 24.2 Å². The van der Waals surface area contributed by atoms with E-state index in [1.807, 2.05) is 23.1 Å². The molecule has 0 bridgehead atoms. The van der Waals surface area contributed by atoms with E-state index in [0.29, 0.717) is 16.5 Å². The maximum Gasteiger partial charge on any atom is 0.237 e. The third-order valence-corrected chi connectivity index (χ3v) is 5.00. The lowest BCUT2D eigenvalue weighted by atomic mass is 10.2. The Hall–Kier alpha value is -1.52. The number of hydrogen-bond donors (Lipinski definition) is 0. The van der Waals surface area contributed by atoms with Gasteiger partial charge in [0.25, 0.3) is 0 Å². The first kappa shape index (κ1) is 15.4. The number of halogens is 2. The van der Waals surface area contributed by atoms with Gasteiger partial charge in [-0.15, -0.1) is 11.8 Å². The number of thioether (sulfide) groups is 1. The van der Waals surface area contributed by atoms with E-state index < -0.39 is 0 Å². The molecule has 0 aliphatic carbocycles. The second-order valence-corrected chi connectivity index (χ2v) is 6.55. The third-order valence-electron chi connectivity index (χ3n) is 3.69. The van der Waals surface area contributed by atoms with E-state index in [2.05, 4.69) is 6.07 Å². The van der Waals surface area contributed by atoms with Crippen LogP contribution in [-0.2, 0) is 17.0 Å². The summed E-state index contributed by atoms with van der Waals surface area (Å²) in [5.74, 6) is 0.749. The molecule has 5 heteroatoms. The molecule has 0 fully saturated rings. The first-order chi connectivity index (χ1) is 10.6. The summed E-state index contributed by atoms with van der Waals surface area (Å²) in [4.78, 5) is 14.2. The summed E-state index contributed by atoms with van der Waals surface area (Å²) < 4.78 is 13.0. The maximum absolute atomic E-state index is 13.0. The number of carbonyl (C=O) groups is 1. The Kier molecular flexibility index (Phi) is 4.69. The topological polar surface area (TPSA) is 20.3 Å². The van der Waals surface area contributed by atoms with Gasteiger partial charge in [0.05, 0.1) is 5.75 Å². The van der Waals surface area contributed by atoms with Crippen molar-refractivity contribution >= 4 is 35.0 Å². The minimum Gasteiger partial charge on any atom is -0.311 e. The van der Waals surface area contributed by atoms with Gasteiger partial charge < -0.3 is 4.90 Å². The normalized spacial score (nSPS) is 13.3. The molecule has 0 radical (unpaired) electrons. The number of hydrogen-bond acceptors (Lipinski definition) is 2. The monoisotopic (exact) mass is 335 g/mol. The molecule has 1 aliphatic heterocycles. The summed E-state index contributed by atoms with van der Waals surface area (Å²) in [6, 6.07) is 12.4. The molecule has 2 nitrogen and oxygen atoms in total. The van der Waals surface area contributed by atoms with Crippen LogP contribution in [0.25, 0.3) is 0 Å². The molecule has 2 aromatic carbocycles. The molecule has 1 heterocycles. The number of nitrogens with zero attached hydrogens (tertiary/aromatic N) is 1. The van der Waals surface area contributed by atoms with E-state index in [4.69, 9.17) is 11.6 Å². The van der Waals surface area contributed by atoms with Gasteiger partial charge in [-0.1, -0.05) is 35.9 Å². The van der Waals surface area contributed by atoms with Crippen molar-refractivity contribution in [2.75, 3.05) is 17.2 Å². The van der Waals surface area contributed by atoms with Gasteiger partial charge in [-0.3, -0.25) is 4.79 Å². The molecule has 1 amide bonds. The minimum atomic E-state index is -0.344. The zero-order valence-corrected chi connectivity index (χ0v) is 13.5. The van der Waals surface area contributed by atoms with Crippen molar-refractivity contribution in [1.29, 1.82) is 0 Å². The number of carbonyl (C=O) groups excluding carboxylic acids is 1. The number of amides is 1. The van der Waals surface area contributed by atoms with Gasteiger partial charge in [0, 0.05) is 23.0 Å². The van der Waals surface area contributed by atoms with Crippen molar-refractivity contribution in [3.8, 4) is 0 Å². The zero-order valence-electron chi connectivity index (χ0n) is 11.9. The summed E-state index contributed by atoms with van der Waals surface area (Å²) in [7, 11) is 0.